The van der Waals surface area contributed by atoms with E-state index in [1.54, 1.807) is 27.7 Å². The SMILES string of the molecule is CC(C)[O][AlH][O]C(C)C.CCC(C(C)=O)C(=O)[O-].CCC(C(C)=O)C(=O)[O-].CCC(C(C)=O)C(=O)[O-].CCC(C(C)=O)C(=O)[O-].[Zr+4]. The van der Waals surface area contributed by atoms with Crippen molar-refractivity contribution in [2.24, 2.45) is 23.7 Å². The molecule has 16 heteroatoms. The fourth-order valence-corrected chi connectivity index (χ4v) is 3.41. The maximum Gasteiger partial charge on any atom is 4.00 e. The molecule has 46 heavy (non-hydrogen) atoms. The molecule has 0 amide bonds. The van der Waals surface area contributed by atoms with Gasteiger partial charge in [0.15, 0.2) is 0 Å². The molecular formula is C30H51AlO14Zr. The van der Waals surface area contributed by atoms with E-state index in [4.69, 9.17) is 7.58 Å². The summed E-state index contributed by atoms with van der Waals surface area (Å²) in [5, 5.41) is 40.2. The summed E-state index contributed by atoms with van der Waals surface area (Å²) in [6.45, 7) is 19.7. The molecule has 4 atom stereocenters. The van der Waals surface area contributed by atoms with Gasteiger partial charge in [-0.1, -0.05) is 27.7 Å². The van der Waals surface area contributed by atoms with Crippen molar-refractivity contribution in [2.75, 3.05) is 0 Å². The Balaban J connectivity index is -0.000000108. The molecule has 0 bridgehead atoms. The summed E-state index contributed by atoms with van der Waals surface area (Å²) in [4.78, 5) is 81.7. The molecule has 0 aromatic rings. The first kappa shape index (κ1) is 56.2. The molecule has 0 aliphatic rings. The van der Waals surface area contributed by atoms with E-state index in [1.807, 2.05) is 27.7 Å². The van der Waals surface area contributed by atoms with Crippen molar-refractivity contribution in [1.82, 2.24) is 0 Å². The summed E-state index contributed by atoms with van der Waals surface area (Å²) < 4.78 is 10.5. The minimum atomic E-state index is -1.27. The standard InChI is InChI=1S/4C6H10O3.2C3H7O.Al.Zr.H/c4*1-3-5(4(2)7)6(8)9;2*1-3(2)4;;;/h4*5H,3H2,1-2H3,(H,8,9);2*3H,1-2H3;;;/q;;;;2*-1;+2;+4;/p-4. The Bertz CT molecular complexity index is 729. The van der Waals surface area contributed by atoms with E-state index in [0.29, 0.717) is 37.9 Å². The number of hydrogen-bond donors (Lipinski definition) is 0. The maximum absolute atomic E-state index is 10.4. The first-order valence-electron chi connectivity index (χ1n) is 14.6. The van der Waals surface area contributed by atoms with Gasteiger partial charge in [-0.3, -0.25) is 19.2 Å². The van der Waals surface area contributed by atoms with Gasteiger partial charge in [0, 0.05) is 12.2 Å². The number of carbonyl (C=O) groups excluding carboxylic acids is 8. The number of aliphatic carboxylic acids is 4. The van der Waals surface area contributed by atoms with Crippen LogP contribution in [0.5, 0.6) is 0 Å². The first-order valence-corrected chi connectivity index (χ1v) is 15.7. The molecule has 262 valence electrons. The number of carboxylic acid groups (broad SMARTS) is 4. The van der Waals surface area contributed by atoms with Crippen molar-refractivity contribution in [3.05, 3.63) is 0 Å². The minimum absolute atomic E-state index is 0. The average molecular weight is 754 g/mol. The maximum atomic E-state index is 10.4. The van der Waals surface area contributed by atoms with E-state index in [9.17, 15) is 58.8 Å². The van der Waals surface area contributed by atoms with Gasteiger partial charge in [-0.2, -0.15) is 0 Å². The van der Waals surface area contributed by atoms with Gasteiger partial charge >= 0.3 is 42.1 Å². The molecule has 0 radical (unpaired) electrons. The monoisotopic (exact) mass is 752 g/mol. The number of ketones is 4. The fraction of sp³-hybridized carbons (Fsp3) is 0.733. The zero-order valence-electron chi connectivity index (χ0n) is 29.2. The molecule has 0 aromatic carbocycles. The van der Waals surface area contributed by atoms with Gasteiger partial charge in [0.25, 0.3) is 0 Å². The molecule has 0 spiro atoms. The molecular weight excluding hydrogens is 703 g/mol. The third-order valence-electron chi connectivity index (χ3n) is 5.54. The van der Waals surface area contributed by atoms with Crippen LogP contribution in [0.25, 0.3) is 0 Å². The van der Waals surface area contributed by atoms with E-state index in [0.717, 1.165) is 0 Å². The van der Waals surface area contributed by atoms with Crippen molar-refractivity contribution in [3.63, 3.8) is 0 Å². The Hall–Kier alpha value is -2.10. The Kier molecular flexibility index (Phi) is 41.9. The van der Waals surface area contributed by atoms with Crippen LogP contribution in [0.1, 0.15) is 109 Å². The van der Waals surface area contributed by atoms with Crippen LogP contribution >= 0.6 is 0 Å². The average Bonchev–Trinajstić information content (AvgIpc) is 2.85. The van der Waals surface area contributed by atoms with Crippen LogP contribution in [0.4, 0.5) is 0 Å². The van der Waals surface area contributed by atoms with Crippen LogP contribution in [0.3, 0.4) is 0 Å². The number of rotatable bonds is 16. The van der Waals surface area contributed by atoms with Gasteiger partial charge in [0.1, 0.15) is 23.1 Å². The Morgan fingerprint density at radius 1 is 0.457 bits per heavy atom. The van der Waals surface area contributed by atoms with Crippen LogP contribution in [-0.4, -0.2) is 75.1 Å². The fourth-order valence-electron chi connectivity index (χ4n) is 2.79. The van der Waals surface area contributed by atoms with Gasteiger partial charge in [0.05, 0.1) is 47.5 Å². The molecule has 4 unspecified atom stereocenters. The van der Waals surface area contributed by atoms with Crippen molar-refractivity contribution >= 4 is 62.9 Å². The Morgan fingerprint density at radius 3 is 0.652 bits per heavy atom. The summed E-state index contributed by atoms with van der Waals surface area (Å²) in [6, 6.07) is 0. The first-order chi connectivity index (χ1) is 20.5. The number of hydrogen-bond acceptors (Lipinski definition) is 14. The zero-order chi connectivity index (χ0) is 37.0. The van der Waals surface area contributed by atoms with Crippen LogP contribution < -0.4 is 20.4 Å². The second kappa shape index (κ2) is 34.2. The number of carbonyl (C=O) groups is 8. The van der Waals surface area contributed by atoms with Gasteiger partial charge < -0.3 is 47.2 Å². The molecule has 0 aliphatic carbocycles. The van der Waals surface area contributed by atoms with Crippen LogP contribution in [-0.2, 0) is 72.1 Å². The number of Topliss-reactive ketones (excluding diaryl/α,β-unsaturated/α-hetero) is 4. The summed E-state index contributed by atoms with van der Waals surface area (Å²) in [7, 11) is 0. The van der Waals surface area contributed by atoms with Gasteiger partial charge in [-0.25, -0.2) is 0 Å². The second-order valence-corrected chi connectivity index (χ2v) is 11.0. The van der Waals surface area contributed by atoms with E-state index >= 15 is 0 Å². The topological polar surface area (TPSA) is 247 Å². The van der Waals surface area contributed by atoms with Gasteiger partial charge in [-0.05, 0) is 81.1 Å². The van der Waals surface area contributed by atoms with Crippen molar-refractivity contribution in [1.29, 1.82) is 0 Å². The van der Waals surface area contributed by atoms with E-state index in [1.165, 1.54) is 27.7 Å². The van der Waals surface area contributed by atoms with Crippen LogP contribution in [0.2, 0.25) is 0 Å². The molecule has 0 aliphatic heterocycles. The molecule has 0 fully saturated rings. The summed E-state index contributed by atoms with van der Waals surface area (Å²) in [5.41, 5.74) is 0. The summed E-state index contributed by atoms with van der Waals surface area (Å²) >= 11 is -0.684. The quantitative estimate of drug-likeness (QED) is 0.129. The molecule has 0 N–H and O–H groups in total. The molecule has 0 aromatic heterocycles. The van der Waals surface area contributed by atoms with E-state index in [2.05, 4.69) is 0 Å². The van der Waals surface area contributed by atoms with E-state index < -0.39 is 63.4 Å². The molecule has 14 nitrogen and oxygen atoms in total. The smallest absolute Gasteiger partial charge is 0.549 e. The van der Waals surface area contributed by atoms with Crippen LogP contribution in [0, 0.1) is 23.7 Å². The largest absolute Gasteiger partial charge is 4.00 e. The van der Waals surface area contributed by atoms with Crippen molar-refractivity contribution in [3.8, 4) is 0 Å². The molecule has 0 saturated carbocycles. The van der Waals surface area contributed by atoms with E-state index in [-0.39, 0.29) is 49.3 Å². The van der Waals surface area contributed by atoms with Crippen molar-refractivity contribution < 1.29 is 92.6 Å². The minimum Gasteiger partial charge on any atom is -0.549 e. The third kappa shape index (κ3) is 36.4. The molecule has 0 saturated heterocycles. The molecule has 0 heterocycles. The van der Waals surface area contributed by atoms with Gasteiger partial charge in [0.2, 0.25) is 0 Å². The third-order valence-corrected chi connectivity index (χ3v) is 7.14. The van der Waals surface area contributed by atoms with Gasteiger partial charge in [-0.15, -0.1) is 0 Å². The van der Waals surface area contributed by atoms with Crippen LogP contribution in [0.15, 0.2) is 0 Å². The Labute approximate surface area is 298 Å². The summed E-state index contributed by atoms with van der Waals surface area (Å²) in [5.74, 6) is -10.1. The van der Waals surface area contributed by atoms with Crippen molar-refractivity contribution in [2.45, 2.75) is 121 Å². The number of carboxylic acids is 4. The zero-order valence-corrected chi connectivity index (χ0v) is 33.1. The normalized spacial score (nSPS) is 12.0. The predicted molar refractivity (Wildman–Crippen MR) is 157 cm³/mol. The molecule has 0 rings (SSSR count). The second-order valence-electron chi connectivity index (χ2n) is 10.1. The summed E-state index contributed by atoms with van der Waals surface area (Å²) in [6.07, 6.45) is 1.93. The Morgan fingerprint density at radius 2 is 0.609 bits per heavy atom. The predicted octanol–water partition coefficient (Wildman–Crippen LogP) is -1.49.